The van der Waals surface area contributed by atoms with Gasteiger partial charge in [0, 0.05) is 5.56 Å². The van der Waals surface area contributed by atoms with Crippen LogP contribution in [0.3, 0.4) is 0 Å². The molecule has 4 nitrogen and oxygen atoms in total. The van der Waals surface area contributed by atoms with E-state index in [0.29, 0.717) is 5.56 Å². The molecule has 0 bridgehead atoms. The molecule has 0 radical (unpaired) electrons. The van der Waals surface area contributed by atoms with Gasteiger partial charge in [-0.05, 0) is 23.1 Å². The van der Waals surface area contributed by atoms with Crippen molar-refractivity contribution in [2.24, 2.45) is 0 Å². The molecular weight excluding hydrogens is 280 g/mol. The highest BCUT2D eigenvalue weighted by Crippen LogP contribution is 2.30. The highest BCUT2D eigenvalue weighted by molar-refractivity contribution is 5.86. The van der Waals surface area contributed by atoms with Crippen LogP contribution in [0.5, 0.6) is 0 Å². The molecule has 1 aromatic carbocycles. The zero-order chi connectivity index (χ0) is 15.8. The van der Waals surface area contributed by atoms with Crippen molar-refractivity contribution >= 4 is 5.97 Å². The number of nitrogens with zero attached hydrogens (tertiary/aromatic N) is 1. The van der Waals surface area contributed by atoms with Crippen molar-refractivity contribution in [1.82, 2.24) is 4.98 Å². The molecule has 0 saturated carbocycles. The number of benzene rings is 1. The maximum absolute atomic E-state index is 12.8. The van der Waals surface area contributed by atoms with Crippen LogP contribution in [0.15, 0.2) is 28.7 Å². The molecule has 1 heterocycles. The first-order chi connectivity index (χ1) is 9.70. The molecule has 0 spiro atoms. The van der Waals surface area contributed by atoms with Gasteiger partial charge in [0.15, 0.2) is 5.69 Å². The van der Waals surface area contributed by atoms with Gasteiger partial charge in [-0.15, -0.1) is 0 Å². The van der Waals surface area contributed by atoms with Crippen molar-refractivity contribution in [3.63, 3.8) is 0 Å². The molecule has 0 amide bonds. The van der Waals surface area contributed by atoms with Gasteiger partial charge in [-0.1, -0.05) is 32.9 Å². The van der Waals surface area contributed by atoms with E-state index in [1.807, 2.05) is 32.9 Å². The standard InChI is InChI=1S/C15H15F2NO3/c1-15(2,3)9-6-4-8(5-7-9)13-18-10(12(16)17)11(21-13)14(19)20/h4-7,12H,1-3H3,(H,19,20). The lowest BCUT2D eigenvalue weighted by atomic mass is 9.87. The number of carbonyl (C=O) groups is 1. The topological polar surface area (TPSA) is 63.3 Å². The molecule has 2 aromatic rings. The van der Waals surface area contributed by atoms with Gasteiger partial charge < -0.3 is 9.52 Å². The number of hydrogen-bond donors (Lipinski definition) is 1. The number of aromatic carboxylic acids is 1. The van der Waals surface area contributed by atoms with Crippen LogP contribution < -0.4 is 0 Å². The number of alkyl halides is 2. The van der Waals surface area contributed by atoms with Crippen molar-refractivity contribution in [1.29, 1.82) is 0 Å². The summed E-state index contributed by atoms with van der Waals surface area (Å²) in [6, 6.07) is 7.02. The molecule has 0 atom stereocenters. The number of oxazole rings is 1. The minimum Gasteiger partial charge on any atom is -0.475 e. The van der Waals surface area contributed by atoms with Gasteiger partial charge in [-0.25, -0.2) is 18.6 Å². The molecule has 112 valence electrons. The third-order valence-corrected chi connectivity index (χ3v) is 3.05. The zero-order valence-electron chi connectivity index (χ0n) is 11.9. The van der Waals surface area contributed by atoms with Gasteiger partial charge in [-0.2, -0.15) is 0 Å². The highest BCUT2D eigenvalue weighted by Gasteiger charge is 2.26. The summed E-state index contributed by atoms with van der Waals surface area (Å²) < 4.78 is 30.5. The van der Waals surface area contributed by atoms with Crippen molar-refractivity contribution in [2.75, 3.05) is 0 Å². The number of hydrogen-bond acceptors (Lipinski definition) is 3. The molecular formula is C15H15F2NO3. The summed E-state index contributed by atoms with van der Waals surface area (Å²) >= 11 is 0. The molecule has 0 fully saturated rings. The molecule has 0 unspecified atom stereocenters. The Hall–Kier alpha value is -2.24. The average Bonchev–Trinajstić information content (AvgIpc) is 2.83. The van der Waals surface area contributed by atoms with Gasteiger partial charge >= 0.3 is 5.97 Å². The minimum atomic E-state index is -3.00. The van der Waals surface area contributed by atoms with Crippen LogP contribution >= 0.6 is 0 Å². The zero-order valence-corrected chi connectivity index (χ0v) is 11.9. The second-order valence-corrected chi connectivity index (χ2v) is 5.67. The largest absolute Gasteiger partial charge is 0.475 e. The molecule has 1 N–H and O–H groups in total. The summed E-state index contributed by atoms with van der Waals surface area (Å²) in [6.45, 7) is 6.14. The van der Waals surface area contributed by atoms with E-state index in [4.69, 9.17) is 9.52 Å². The van der Waals surface area contributed by atoms with Crippen LogP contribution in [-0.4, -0.2) is 16.1 Å². The second kappa shape index (κ2) is 5.27. The highest BCUT2D eigenvalue weighted by atomic mass is 19.3. The molecule has 0 aliphatic carbocycles. The van der Waals surface area contributed by atoms with Crippen molar-refractivity contribution in [2.45, 2.75) is 32.6 Å². The quantitative estimate of drug-likeness (QED) is 0.918. The van der Waals surface area contributed by atoms with Crippen molar-refractivity contribution in [3.05, 3.63) is 41.3 Å². The van der Waals surface area contributed by atoms with E-state index in [9.17, 15) is 13.6 Å². The first-order valence-electron chi connectivity index (χ1n) is 6.33. The number of carboxylic acid groups (broad SMARTS) is 1. The van der Waals surface area contributed by atoms with Crippen LogP contribution in [-0.2, 0) is 5.41 Å². The fourth-order valence-electron chi connectivity index (χ4n) is 1.87. The molecule has 0 saturated heterocycles. The minimum absolute atomic E-state index is 0.0462. The lowest BCUT2D eigenvalue weighted by molar-refractivity contribution is 0.0647. The Labute approximate surface area is 120 Å². The van der Waals surface area contributed by atoms with E-state index >= 15 is 0 Å². The maximum atomic E-state index is 12.8. The van der Waals surface area contributed by atoms with E-state index in [1.165, 1.54) is 0 Å². The fraction of sp³-hybridized carbons (Fsp3) is 0.333. The Morgan fingerprint density at radius 1 is 1.24 bits per heavy atom. The van der Waals surface area contributed by atoms with Crippen LogP contribution in [0.1, 0.15) is 49.0 Å². The Morgan fingerprint density at radius 3 is 2.19 bits per heavy atom. The predicted molar refractivity (Wildman–Crippen MR) is 72.6 cm³/mol. The summed E-state index contributed by atoms with van der Waals surface area (Å²) in [4.78, 5) is 14.5. The Kier molecular flexibility index (Phi) is 3.80. The third-order valence-electron chi connectivity index (χ3n) is 3.05. The van der Waals surface area contributed by atoms with Crippen LogP contribution in [0.2, 0.25) is 0 Å². The molecule has 1 aromatic heterocycles. The number of rotatable bonds is 3. The summed E-state index contributed by atoms with van der Waals surface area (Å²) in [5.41, 5.74) is 0.621. The van der Waals surface area contributed by atoms with Crippen molar-refractivity contribution in [3.8, 4) is 11.5 Å². The van der Waals surface area contributed by atoms with Crippen LogP contribution in [0.4, 0.5) is 8.78 Å². The molecule has 0 aliphatic heterocycles. The van der Waals surface area contributed by atoms with E-state index in [-0.39, 0.29) is 11.3 Å². The van der Waals surface area contributed by atoms with Gasteiger partial charge in [0.05, 0.1) is 0 Å². The van der Waals surface area contributed by atoms with Crippen LogP contribution in [0.25, 0.3) is 11.5 Å². The number of halogens is 2. The predicted octanol–water partition coefficient (Wildman–Crippen LogP) is 4.27. The number of aromatic nitrogens is 1. The molecule has 21 heavy (non-hydrogen) atoms. The first kappa shape index (κ1) is 15.2. The molecule has 6 heteroatoms. The Bertz CT molecular complexity index is 655. The SMILES string of the molecule is CC(C)(C)c1ccc(-c2nc(C(F)F)c(C(=O)O)o2)cc1. The van der Waals surface area contributed by atoms with Gasteiger partial charge in [-0.3, -0.25) is 0 Å². The normalized spacial score (nSPS) is 11.9. The summed E-state index contributed by atoms with van der Waals surface area (Å²) in [5, 5.41) is 8.86. The van der Waals surface area contributed by atoms with E-state index in [0.717, 1.165) is 5.56 Å². The lowest BCUT2D eigenvalue weighted by Gasteiger charge is -2.18. The van der Waals surface area contributed by atoms with Gasteiger partial charge in [0.1, 0.15) is 0 Å². The Morgan fingerprint density at radius 2 is 1.81 bits per heavy atom. The lowest BCUT2D eigenvalue weighted by Crippen LogP contribution is -2.10. The molecule has 0 aliphatic rings. The van der Waals surface area contributed by atoms with E-state index in [2.05, 4.69) is 4.98 Å². The maximum Gasteiger partial charge on any atom is 0.374 e. The van der Waals surface area contributed by atoms with Crippen LogP contribution in [0, 0.1) is 0 Å². The average molecular weight is 295 g/mol. The van der Waals surface area contributed by atoms with E-state index < -0.39 is 23.8 Å². The first-order valence-corrected chi connectivity index (χ1v) is 6.33. The van der Waals surface area contributed by atoms with Crippen molar-refractivity contribution < 1.29 is 23.1 Å². The van der Waals surface area contributed by atoms with Gasteiger partial charge in [0.25, 0.3) is 6.43 Å². The summed E-state index contributed by atoms with van der Waals surface area (Å²) in [6.07, 6.45) is -3.00. The monoisotopic (exact) mass is 295 g/mol. The second-order valence-electron chi connectivity index (χ2n) is 5.67. The fourth-order valence-corrected chi connectivity index (χ4v) is 1.87. The Balaban J connectivity index is 2.43. The van der Waals surface area contributed by atoms with E-state index in [1.54, 1.807) is 12.1 Å². The molecule has 2 rings (SSSR count). The summed E-state index contributed by atoms with van der Waals surface area (Å²) in [5.74, 6) is -2.50. The smallest absolute Gasteiger partial charge is 0.374 e. The summed E-state index contributed by atoms with van der Waals surface area (Å²) in [7, 11) is 0. The third kappa shape index (κ3) is 3.09. The van der Waals surface area contributed by atoms with Gasteiger partial charge in [0.2, 0.25) is 11.7 Å². The number of carboxylic acids is 1.